The van der Waals surface area contributed by atoms with Gasteiger partial charge in [-0.05, 0) is 6.42 Å². The summed E-state index contributed by atoms with van der Waals surface area (Å²) in [5.74, 6) is -0.974. The van der Waals surface area contributed by atoms with Gasteiger partial charge in [0, 0.05) is 0 Å². The van der Waals surface area contributed by atoms with Gasteiger partial charge in [-0.2, -0.15) is 0 Å². The van der Waals surface area contributed by atoms with Crippen molar-refractivity contribution in [1.82, 2.24) is 0 Å². The molecule has 0 radical (unpaired) electrons. The predicted molar refractivity (Wildman–Crippen MR) is 37.1 cm³/mol. The monoisotopic (exact) mass is 145 g/mol. The lowest BCUT2D eigenvalue weighted by Gasteiger charge is -2.29. The van der Waals surface area contributed by atoms with Gasteiger partial charge in [0.15, 0.2) is 0 Å². The molecule has 0 aliphatic rings. The van der Waals surface area contributed by atoms with Gasteiger partial charge >= 0.3 is 0 Å². The minimum atomic E-state index is -0.974. The first-order chi connectivity index (χ1) is 4.48. The second-order valence-electron chi connectivity index (χ2n) is 3.19. The Morgan fingerprint density at radius 3 is 2.30 bits per heavy atom. The lowest BCUT2D eigenvalue weighted by atomic mass is 10.4. The van der Waals surface area contributed by atoms with Crippen molar-refractivity contribution in [2.45, 2.75) is 13.3 Å². The summed E-state index contributed by atoms with van der Waals surface area (Å²) in [5.41, 5.74) is 0. The summed E-state index contributed by atoms with van der Waals surface area (Å²) < 4.78 is 0.513. The molecular formula is C7H15NO2. The Labute approximate surface area is 61.9 Å². The normalized spacial score (nSPS) is 11.5. The fourth-order valence-electron chi connectivity index (χ4n) is 1.03. The van der Waals surface area contributed by atoms with Gasteiger partial charge in [-0.15, -0.1) is 0 Å². The maximum atomic E-state index is 10.2. The van der Waals surface area contributed by atoms with Gasteiger partial charge in [-0.3, -0.25) is 0 Å². The lowest BCUT2D eigenvalue weighted by Crippen LogP contribution is -2.48. The molecular weight excluding hydrogens is 130 g/mol. The van der Waals surface area contributed by atoms with E-state index >= 15 is 0 Å². The smallest absolute Gasteiger partial charge is 0.119 e. The van der Waals surface area contributed by atoms with Crippen molar-refractivity contribution >= 4 is 5.97 Å². The number of carbonyl (C=O) groups is 1. The summed E-state index contributed by atoms with van der Waals surface area (Å²) in [6.07, 6.45) is 1.00. The van der Waals surface area contributed by atoms with Crippen LogP contribution in [0.5, 0.6) is 0 Å². The number of aliphatic carboxylic acids is 1. The van der Waals surface area contributed by atoms with Gasteiger partial charge in [-0.25, -0.2) is 0 Å². The molecule has 60 valence electrons. The van der Waals surface area contributed by atoms with E-state index in [9.17, 15) is 9.90 Å². The maximum Gasteiger partial charge on any atom is 0.119 e. The largest absolute Gasteiger partial charge is 0.544 e. The van der Waals surface area contributed by atoms with Gasteiger partial charge in [0.1, 0.15) is 6.54 Å². The van der Waals surface area contributed by atoms with Gasteiger partial charge in [0.05, 0.1) is 26.6 Å². The second kappa shape index (κ2) is 3.56. The van der Waals surface area contributed by atoms with Crippen LogP contribution in [0.3, 0.4) is 0 Å². The molecule has 0 spiro atoms. The molecule has 0 unspecified atom stereocenters. The van der Waals surface area contributed by atoms with Gasteiger partial charge in [0.25, 0.3) is 0 Å². The lowest BCUT2D eigenvalue weighted by molar-refractivity contribution is -0.884. The van der Waals surface area contributed by atoms with Crippen LogP contribution in [0.15, 0.2) is 0 Å². The van der Waals surface area contributed by atoms with Crippen LogP contribution < -0.4 is 5.11 Å². The highest BCUT2D eigenvalue weighted by atomic mass is 16.4. The maximum absolute atomic E-state index is 10.2. The molecule has 0 N–H and O–H groups in total. The Kier molecular flexibility index (Phi) is 3.36. The Bertz CT molecular complexity index is 121. The van der Waals surface area contributed by atoms with E-state index in [1.54, 1.807) is 0 Å². The van der Waals surface area contributed by atoms with Crippen LogP contribution in [0.1, 0.15) is 13.3 Å². The quantitative estimate of drug-likeness (QED) is 0.487. The number of rotatable bonds is 4. The third-order valence-corrected chi connectivity index (χ3v) is 1.39. The zero-order valence-electron chi connectivity index (χ0n) is 6.89. The molecule has 0 amide bonds. The number of nitrogens with zero attached hydrogens (tertiary/aromatic N) is 1. The van der Waals surface area contributed by atoms with Gasteiger partial charge in [-0.1, -0.05) is 6.92 Å². The Hall–Kier alpha value is -0.570. The van der Waals surface area contributed by atoms with Crippen molar-refractivity contribution in [2.75, 3.05) is 27.2 Å². The Morgan fingerprint density at radius 1 is 1.50 bits per heavy atom. The van der Waals surface area contributed by atoms with Crippen molar-refractivity contribution in [3.63, 3.8) is 0 Å². The highest BCUT2D eigenvalue weighted by Gasteiger charge is 2.12. The van der Waals surface area contributed by atoms with Gasteiger partial charge < -0.3 is 14.4 Å². The number of quaternary nitrogens is 1. The van der Waals surface area contributed by atoms with E-state index in [-0.39, 0.29) is 6.54 Å². The number of likely N-dealkylation sites (N-methyl/N-ethyl adjacent to an activating group) is 1. The third kappa shape index (κ3) is 4.32. The first-order valence-electron chi connectivity index (χ1n) is 3.50. The summed E-state index contributed by atoms with van der Waals surface area (Å²) in [4.78, 5) is 10.2. The van der Waals surface area contributed by atoms with Crippen molar-refractivity contribution < 1.29 is 14.4 Å². The van der Waals surface area contributed by atoms with E-state index in [4.69, 9.17) is 0 Å². The minimum absolute atomic E-state index is 0.105. The zero-order chi connectivity index (χ0) is 8.20. The van der Waals surface area contributed by atoms with E-state index in [0.717, 1.165) is 13.0 Å². The molecule has 0 bridgehead atoms. The van der Waals surface area contributed by atoms with Crippen LogP contribution in [-0.4, -0.2) is 37.6 Å². The van der Waals surface area contributed by atoms with E-state index in [1.807, 2.05) is 21.0 Å². The fourth-order valence-corrected chi connectivity index (χ4v) is 1.03. The van der Waals surface area contributed by atoms with E-state index in [1.165, 1.54) is 0 Å². The molecule has 3 heteroatoms. The molecule has 0 rings (SSSR count). The van der Waals surface area contributed by atoms with Gasteiger partial charge in [0.2, 0.25) is 0 Å². The number of carboxylic acids is 1. The second-order valence-corrected chi connectivity index (χ2v) is 3.19. The molecule has 0 aromatic heterocycles. The molecule has 0 atom stereocenters. The number of hydrogen-bond acceptors (Lipinski definition) is 2. The highest BCUT2D eigenvalue weighted by Crippen LogP contribution is 1.96. The third-order valence-electron chi connectivity index (χ3n) is 1.39. The van der Waals surface area contributed by atoms with E-state index < -0.39 is 5.97 Å². The first kappa shape index (κ1) is 9.43. The summed E-state index contributed by atoms with van der Waals surface area (Å²) in [6, 6.07) is 0. The van der Waals surface area contributed by atoms with Crippen LogP contribution >= 0.6 is 0 Å². The number of carboxylic acid groups (broad SMARTS) is 1. The number of carbonyl (C=O) groups excluding carboxylic acids is 1. The van der Waals surface area contributed by atoms with Crippen LogP contribution in [0.25, 0.3) is 0 Å². The minimum Gasteiger partial charge on any atom is -0.544 e. The van der Waals surface area contributed by atoms with E-state index in [0.29, 0.717) is 4.48 Å². The molecule has 0 saturated heterocycles. The van der Waals surface area contributed by atoms with Crippen molar-refractivity contribution in [2.24, 2.45) is 0 Å². The standard InChI is InChI=1S/C7H15NO2/c1-4-5-8(2,3)6-7(9)10/h4-6H2,1-3H3. The zero-order valence-corrected chi connectivity index (χ0v) is 6.89. The summed E-state index contributed by atoms with van der Waals surface area (Å²) in [7, 11) is 3.78. The average Bonchev–Trinajstić information content (AvgIpc) is 1.59. The van der Waals surface area contributed by atoms with Crippen LogP contribution in [-0.2, 0) is 4.79 Å². The molecule has 0 fully saturated rings. The van der Waals surface area contributed by atoms with Crippen LogP contribution in [0.2, 0.25) is 0 Å². The molecule has 0 aromatic rings. The van der Waals surface area contributed by atoms with Crippen molar-refractivity contribution in [1.29, 1.82) is 0 Å². The Balaban J connectivity index is 3.74. The van der Waals surface area contributed by atoms with Crippen molar-refractivity contribution in [3.05, 3.63) is 0 Å². The first-order valence-corrected chi connectivity index (χ1v) is 3.50. The van der Waals surface area contributed by atoms with Crippen molar-refractivity contribution in [3.8, 4) is 0 Å². The molecule has 0 saturated carbocycles. The SMILES string of the molecule is CCC[N+](C)(C)CC(=O)[O-]. The number of hydrogen-bond donors (Lipinski definition) is 0. The molecule has 0 aromatic carbocycles. The predicted octanol–water partition coefficient (Wildman–Crippen LogP) is -0.777. The topological polar surface area (TPSA) is 40.1 Å². The Morgan fingerprint density at radius 2 is 2.00 bits per heavy atom. The summed E-state index contributed by atoms with van der Waals surface area (Å²) in [6.45, 7) is 3.02. The molecule has 0 aliphatic heterocycles. The van der Waals surface area contributed by atoms with Crippen LogP contribution in [0.4, 0.5) is 0 Å². The molecule has 0 aliphatic carbocycles. The molecule has 10 heavy (non-hydrogen) atoms. The fraction of sp³-hybridized carbons (Fsp3) is 0.857. The average molecular weight is 145 g/mol. The molecule has 3 nitrogen and oxygen atoms in total. The highest BCUT2D eigenvalue weighted by molar-refractivity contribution is 5.65. The summed E-state index contributed by atoms with van der Waals surface area (Å²) in [5, 5.41) is 10.2. The molecule has 0 heterocycles. The van der Waals surface area contributed by atoms with Crippen LogP contribution in [0, 0.1) is 0 Å². The van der Waals surface area contributed by atoms with E-state index in [2.05, 4.69) is 0 Å². The summed E-state index contributed by atoms with van der Waals surface area (Å²) >= 11 is 0.